The summed E-state index contributed by atoms with van der Waals surface area (Å²) in [5.41, 5.74) is 1.86. The van der Waals surface area contributed by atoms with Crippen molar-refractivity contribution in [3.63, 3.8) is 0 Å². The Balaban J connectivity index is 2.27. The van der Waals surface area contributed by atoms with Crippen LogP contribution in [0, 0.1) is 6.92 Å². The summed E-state index contributed by atoms with van der Waals surface area (Å²) in [7, 11) is 0. The lowest BCUT2D eigenvalue weighted by atomic mass is 10.1. The van der Waals surface area contributed by atoms with Crippen molar-refractivity contribution >= 4 is 22.8 Å². The number of aromatic nitrogens is 1. The molecular formula is C19H17NO4. The second kappa shape index (κ2) is 6.20. The minimum atomic E-state index is -0.509. The Morgan fingerprint density at radius 2 is 1.83 bits per heavy atom. The molecule has 0 saturated heterocycles. The number of rotatable bonds is 3. The Morgan fingerprint density at radius 3 is 2.50 bits per heavy atom. The lowest BCUT2D eigenvalue weighted by Gasteiger charge is -2.07. The molecule has 0 spiro atoms. The van der Waals surface area contributed by atoms with Gasteiger partial charge in [-0.3, -0.25) is 9.36 Å². The van der Waals surface area contributed by atoms with Crippen molar-refractivity contribution in [1.82, 2.24) is 4.57 Å². The van der Waals surface area contributed by atoms with Gasteiger partial charge < -0.3 is 9.84 Å². The van der Waals surface area contributed by atoms with Crippen molar-refractivity contribution in [2.45, 2.75) is 13.8 Å². The molecule has 1 N–H and O–H groups in total. The highest BCUT2D eigenvalue weighted by Crippen LogP contribution is 2.30. The minimum Gasteiger partial charge on any atom is -0.508 e. The smallest absolute Gasteiger partial charge is 0.340 e. The number of aromatic hydroxyl groups is 1. The van der Waals surface area contributed by atoms with Gasteiger partial charge in [0, 0.05) is 16.6 Å². The van der Waals surface area contributed by atoms with Gasteiger partial charge in [0.05, 0.1) is 17.7 Å². The molecule has 1 aromatic heterocycles. The standard InChI is InChI=1S/C19H17NO4/c1-3-24-19(23)17-12(2)20(16-10-9-14(21)11-15(16)17)18(22)13-7-5-4-6-8-13/h4-11,21H,3H2,1-2H3. The van der Waals surface area contributed by atoms with E-state index in [1.165, 1.54) is 16.7 Å². The fourth-order valence-corrected chi connectivity index (χ4v) is 2.84. The highest BCUT2D eigenvalue weighted by Gasteiger charge is 2.24. The molecule has 5 heteroatoms. The van der Waals surface area contributed by atoms with E-state index in [0.717, 1.165) is 0 Å². The van der Waals surface area contributed by atoms with Gasteiger partial charge in [-0.2, -0.15) is 0 Å². The largest absolute Gasteiger partial charge is 0.508 e. The number of hydrogen-bond acceptors (Lipinski definition) is 4. The minimum absolute atomic E-state index is 0.0253. The van der Waals surface area contributed by atoms with Gasteiger partial charge in [0.15, 0.2) is 0 Å². The van der Waals surface area contributed by atoms with Crippen LogP contribution >= 0.6 is 0 Å². The maximum absolute atomic E-state index is 12.9. The van der Waals surface area contributed by atoms with E-state index in [1.54, 1.807) is 44.2 Å². The van der Waals surface area contributed by atoms with Gasteiger partial charge in [-0.05, 0) is 44.2 Å². The summed E-state index contributed by atoms with van der Waals surface area (Å²) in [6.45, 7) is 3.65. The van der Waals surface area contributed by atoms with Gasteiger partial charge in [0.25, 0.3) is 5.91 Å². The summed E-state index contributed by atoms with van der Waals surface area (Å²) < 4.78 is 6.59. The van der Waals surface area contributed by atoms with Gasteiger partial charge in [-0.1, -0.05) is 18.2 Å². The van der Waals surface area contributed by atoms with Crippen LogP contribution in [0.15, 0.2) is 48.5 Å². The molecule has 0 aliphatic rings. The first-order valence-electron chi connectivity index (χ1n) is 7.65. The molecule has 3 aromatic rings. The molecule has 0 aliphatic heterocycles. The first-order valence-corrected chi connectivity index (χ1v) is 7.65. The molecule has 2 aromatic carbocycles. The highest BCUT2D eigenvalue weighted by molar-refractivity contribution is 6.11. The second-order valence-corrected chi connectivity index (χ2v) is 5.39. The highest BCUT2D eigenvalue weighted by atomic mass is 16.5. The molecule has 0 amide bonds. The van der Waals surface area contributed by atoms with E-state index in [0.29, 0.717) is 27.7 Å². The summed E-state index contributed by atoms with van der Waals surface area (Å²) >= 11 is 0. The lowest BCUT2D eigenvalue weighted by molar-refractivity contribution is 0.0528. The van der Waals surface area contributed by atoms with Crippen molar-refractivity contribution < 1.29 is 19.4 Å². The van der Waals surface area contributed by atoms with Crippen LogP contribution in [0.2, 0.25) is 0 Å². The van der Waals surface area contributed by atoms with Crippen molar-refractivity contribution in [3.05, 3.63) is 65.4 Å². The third kappa shape index (κ3) is 2.54. The number of carbonyl (C=O) groups is 2. The van der Waals surface area contributed by atoms with Crippen molar-refractivity contribution in [1.29, 1.82) is 0 Å². The van der Waals surface area contributed by atoms with Gasteiger partial charge in [0.2, 0.25) is 0 Å². The molecule has 0 radical (unpaired) electrons. The fourth-order valence-electron chi connectivity index (χ4n) is 2.84. The Bertz CT molecular complexity index is 925. The Kier molecular flexibility index (Phi) is 4.08. The second-order valence-electron chi connectivity index (χ2n) is 5.39. The summed E-state index contributed by atoms with van der Waals surface area (Å²) in [5.74, 6) is -0.720. The summed E-state index contributed by atoms with van der Waals surface area (Å²) in [6, 6.07) is 13.4. The van der Waals surface area contributed by atoms with Gasteiger partial charge in [-0.15, -0.1) is 0 Å². The van der Waals surface area contributed by atoms with Crippen LogP contribution in [0.4, 0.5) is 0 Å². The summed E-state index contributed by atoms with van der Waals surface area (Å²) in [6.07, 6.45) is 0. The van der Waals surface area contributed by atoms with E-state index >= 15 is 0 Å². The van der Waals surface area contributed by atoms with E-state index < -0.39 is 5.97 Å². The van der Waals surface area contributed by atoms with Crippen LogP contribution in [0.1, 0.15) is 33.3 Å². The molecule has 3 rings (SSSR count). The van der Waals surface area contributed by atoms with E-state index in [4.69, 9.17) is 4.74 Å². The number of phenolic OH excluding ortho intramolecular Hbond substituents is 1. The molecule has 0 bridgehead atoms. The van der Waals surface area contributed by atoms with Crippen molar-refractivity contribution in [2.24, 2.45) is 0 Å². The van der Waals surface area contributed by atoms with Crippen LogP contribution in [-0.2, 0) is 4.74 Å². The zero-order valence-electron chi connectivity index (χ0n) is 13.4. The molecule has 0 aliphatic carbocycles. The lowest BCUT2D eigenvalue weighted by Crippen LogP contribution is -2.14. The van der Waals surface area contributed by atoms with E-state index in [2.05, 4.69) is 0 Å². The number of phenols is 1. The van der Waals surface area contributed by atoms with Crippen molar-refractivity contribution in [2.75, 3.05) is 6.61 Å². The number of fused-ring (bicyclic) bond motifs is 1. The maximum atomic E-state index is 12.9. The van der Waals surface area contributed by atoms with Gasteiger partial charge >= 0.3 is 5.97 Å². The molecule has 0 saturated carbocycles. The topological polar surface area (TPSA) is 68.5 Å². The number of ether oxygens (including phenoxy) is 1. The predicted octanol–water partition coefficient (Wildman–Crippen LogP) is 3.52. The number of esters is 1. The van der Waals surface area contributed by atoms with Gasteiger partial charge in [0.1, 0.15) is 5.75 Å². The molecule has 0 fully saturated rings. The monoisotopic (exact) mass is 323 g/mol. The van der Waals surface area contributed by atoms with E-state index in [-0.39, 0.29) is 18.3 Å². The maximum Gasteiger partial charge on any atom is 0.340 e. The molecule has 24 heavy (non-hydrogen) atoms. The molecule has 0 unspecified atom stereocenters. The van der Waals surface area contributed by atoms with Crippen LogP contribution in [-0.4, -0.2) is 28.2 Å². The SMILES string of the molecule is CCOC(=O)c1c(C)n(C(=O)c2ccccc2)c2ccc(O)cc12. The fraction of sp³-hybridized carbons (Fsp3) is 0.158. The third-order valence-electron chi connectivity index (χ3n) is 3.89. The average molecular weight is 323 g/mol. The van der Waals surface area contributed by atoms with Crippen LogP contribution in [0.3, 0.4) is 0 Å². The molecular weight excluding hydrogens is 306 g/mol. The first-order chi connectivity index (χ1) is 11.5. The van der Waals surface area contributed by atoms with Crippen molar-refractivity contribution in [3.8, 4) is 5.75 Å². The van der Waals surface area contributed by atoms with Crippen LogP contribution in [0.5, 0.6) is 5.75 Å². The quantitative estimate of drug-likeness (QED) is 0.749. The predicted molar refractivity (Wildman–Crippen MR) is 90.5 cm³/mol. The third-order valence-corrected chi connectivity index (χ3v) is 3.89. The van der Waals surface area contributed by atoms with Gasteiger partial charge in [-0.25, -0.2) is 4.79 Å². The zero-order valence-corrected chi connectivity index (χ0v) is 13.4. The zero-order chi connectivity index (χ0) is 17.3. The number of carbonyl (C=O) groups excluding carboxylic acids is 2. The number of benzene rings is 2. The molecule has 5 nitrogen and oxygen atoms in total. The average Bonchev–Trinajstić information content (AvgIpc) is 2.86. The van der Waals surface area contributed by atoms with E-state index in [1.807, 2.05) is 6.07 Å². The number of hydrogen-bond donors (Lipinski definition) is 1. The number of nitrogens with zero attached hydrogens (tertiary/aromatic N) is 1. The van der Waals surface area contributed by atoms with E-state index in [9.17, 15) is 14.7 Å². The Hall–Kier alpha value is -3.08. The normalized spacial score (nSPS) is 10.8. The molecule has 0 atom stereocenters. The van der Waals surface area contributed by atoms with Crippen LogP contribution < -0.4 is 0 Å². The summed E-state index contributed by atoms with van der Waals surface area (Å²) in [4.78, 5) is 25.2. The van der Waals surface area contributed by atoms with Crippen LogP contribution in [0.25, 0.3) is 10.9 Å². The summed E-state index contributed by atoms with van der Waals surface area (Å²) in [5, 5.41) is 10.3. The Labute approximate surface area is 139 Å². The first kappa shape index (κ1) is 15.8. The molecule has 1 heterocycles. The molecule has 122 valence electrons. The Morgan fingerprint density at radius 1 is 1.12 bits per heavy atom.